The third-order valence-corrected chi connectivity index (χ3v) is 7.49. The van der Waals surface area contributed by atoms with Gasteiger partial charge in [-0.3, -0.25) is 4.72 Å². The number of rotatable bonds is 6. The zero-order valence-corrected chi connectivity index (χ0v) is 14.4. The van der Waals surface area contributed by atoms with Gasteiger partial charge in [-0.1, -0.05) is 24.6 Å². The predicted octanol–water partition coefficient (Wildman–Crippen LogP) is 1.15. The summed E-state index contributed by atoms with van der Waals surface area (Å²) in [5, 5.41) is 4.97. The van der Waals surface area contributed by atoms with Crippen LogP contribution in [-0.4, -0.2) is 35.3 Å². The molecule has 0 aliphatic heterocycles. The zero-order chi connectivity index (χ0) is 16.8. The highest BCUT2D eigenvalue weighted by Gasteiger charge is 2.61. The Morgan fingerprint density at radius 1 is 1.41 bits per heavy atom. The molecule has 0 saturated heterocycles. The highest BCUT2D eigenvalue weighted by atomic mass is 35.5. The molecule has 10 heteroatoms. The third-order valence-electron chi connectivity index (χ3n) is 3.81. The average Bonchev–Trinajstić information content (AvgIpc) is 3.00. The highest BCUT2D eigenvalue weighted by Crippen LogP contribution is 2.50. The first-order chi connectivity index (χ1) is 10.0. The molecule has 7 nitrogen and oxygen atoms in total. The summed E-state index contributed by atoms with van der Waals surface area (Å²) in [6.07, 6.45) is 0.432. The summed E-state index contributed by atoms with van der Waals surface area (Å²) >= 11 is 5.84. The first kappa shape index (κ1) is 17.5. The summed E-state index contributed by atoms with van der Waals surface area (Å²) in [4.78, 5) is -0.443. The van der Waals surface area contributed by atoms with E-state index in [0.29, 0.717) is 6.42 Å². The minimum Gasteiger partial charge on any atom is -0.383 e. The molecule has 0 unspecified atom stereocenters. The van der Waals surface area contributed by atoms with Crippen molar-refractivity contribution in [1.29, 1.82) is 0 Å². The number of nitrogens with two attached hydrogens (primary N) is 1. The number of ether oxygens (including phenoxy) is 1. The van der Waals surface area contributed by atoms with Crippen molar-refractivity contribution in [3.8, 4) is 0 Å². The fourth-order valence-corrected chi connectivity index (χ4v) is 5.74. The van der Waals surface area contributed by atoms with Crippen LogP contribution in [-0.2, 0) is 24.8 Å². The largest absolute Gasteiger partial charge is 0.383 e. The molecular weight excluding hydrogens is 352 g/mol. The summed E-state index contributed by atoms with van der Waals surface area (Å²) in [6.45, 7) is 1.81. The van der Waals surface area contributed by atoms with Crippen LogP contribution >= 0.6 is 11.6 Å². The van der Waals surface area contributed by atoms with Gasteiger partial charge in [-0.15, -0.1) is 0 Å². The Hall–Kier alpha value is -0.870. The number of hydrogen-bond acceptors (Lipinski definition) is 5. The van der Waals surface area contributed by atoms with Crippen LogP contribution in [0, 0.1) is 5.92 Å². The summed E-state index contributed by atoms with van der Waals surface area (Å²) in [5.41, 5.74) is -0.162. The second kappa shape index (κ2) is 5.64. The van der Waals surface area contributed by atoms with Gasteiger partial charge >= 0.3 is 0 Å². The van der Waals surface area contributed by atoms with Crippen molar-refractivity contribution in [3.63, 3.8) is 0 Å². The normalized spacial score (nSPS) is 25.0. The van der Waals surface area contributed by atoms with Crippen LogP contribution in [0.4, 0.5) is 5.69 Å². The second-order valence-electron chi connectivity index (χ2n) is 5.37. The second-order valence-corrected chi connectivity index (χ2v) is 9.30. The Kier molecular flexibility index (Phi) is 4.48. The number of sulfonamides is 2. The van der Waals surface area contributed by atoms with Crippen molar-refractivity contribution in [1.82, 2.24) is 0 Å². The summed E-state index contributed by atoms with van der Waals surface area (Å²) < 4.78 is 54.7. The molecule has 0 bridgehead atoms. The predicted molar refractivity (Wildman–Crippen MR) is 83.8 cm³/mol. The van der Waals surface area contributed by atoms with Gasteiger partial charge in [0.25, 0.3) is 0 Å². The number of methoxy groups -OCH3 is 1. The van der Waals surface area contributed by atoms with E-state index in [9.17, 15) is 16.8 Å². The molecule has 3 N–H and O–H groups in total. The van der Waals surface area contributed by atoms with Crippen LogP contribution in [0.2, 0.25) is 5.02 Å². The van der Waals surface area contributed by atoms with Gasteiger partial charge in [-0.05, 0) is 24.5 Å². The lowest BCUT2D eigenvalue weighted by atomic mass is 10.3. The first-order valence-electron chi connectivity index (χ1n) is 6.38. The summed E-state index contributed by atoms with van der Waals surface area (Å²) in [6, 6.07) is 4.06. The van der Waals surface area contributed by atoms with Gasteiger partial charge < -0.3 is 4.74 Å². The molecule has 1 aliphatic rings. The lowest BCUT2D eigenvalue weighted by Gasteiger charge is -2.19. The Morgan fingerprint density at radius 3 is 2.45 bits per heavy atom. The fourth-order valence-electron chi connectivity index (χ4n) is 2.48. The molecule has 2 atom stereocenters. The Labute approximate surface area is 134 Å². The lowest BCUT2D eigenvalue weighted by molar-refractivity contribution is 0.188. The maximum atomic E-state index is 12.6. The molecule has 2 rings (SSSR count). The van der Waals surface area contributed by atoms with E-state index in [1.807, 2.05) is 0 Å². The molecule has 1 aromatic rings. The van der Waals surface area contributed by atoms with Gasteiger partial charge in [-0.2, -0.15) is 0 Å². The maximum Gasteiger partial charge on any atom is 0.241 e. The van der Waals surface area contributed by atoms with Gasteiger partial charge in [0.1, 0.15) is 9.64 Å². The van der Waals surface area contributed by atoms with E-state index in [0.717, 1.165) is 0 Å². The number of nitrogens with one attached hydrogen (secondary N) is 1. The van der Waals surface area contributed by atoms with Crippen molar-refractivity contribution in [2.75, 3.05) is 18.4 Å². The van der Waals surface area contributed by atoms with Crippen LogP contribution in [0.3, 0.4) is 0 Å². The van der Waals surface area contributed by atoms with Crippen molar-refractivity contribution < 1.29 is 21.6 Å². The van der Waals surface area contributed by atoms with Crippen LogP contribution in [0.15, 0.2) is 23.1 Å². The minimum atomic E-state index is -4.18. The van der Waals surface area contributed by atoms with Gasteiger partial charge in [0.2, 0.25) is 20.0 Å². The number of hydrogen-bond donors (Lipinski definition) is 2. The monoisotopic (exact) mass is 368 g/mol. The Morgan fingerprint density at radius 2 is 2.00 bits per heavy atom. The number of primary sulfonamides is 1. The molecule has 0 radical (unpaired) electrons. The maximum absolute atomic E-state index is 12.6. The SMILES string of the molecule is COC[C@]1(S(=O)(=O)Nc2cccc(Cl)c2S(N)(=O)=O)C[C@@H]1C. The molecule has 1 saturated carbocycles. The smallest absolute Gasteiger partial charge is 0.241 e. The zero-order valence-electron chi connectivity index (χ0n) is 12.0. The number of halogens is 1. The van der Waals surface area contributed by atoms with E-state index in [1.54, 1.807) is 6.92 Å². The van der Waals surface area contributed by atoms with Crippen LogP contribution < -0.4 is 9.86 Å². The molecule has 1 aromatic carbocycles. The molecule has 1 fully saturated rings. The van der Waals surface area contributed by atoms with E-state index in [2.05, 4.69) is 4.72 Å². The van der Waals surface area contributed by atoms with Gasteiger partial charge in [-0.25, -0.2) is 22.0 Å². The standard InChI is InChI=1S/C12H17ClN2O5S2/c1-8-6-12(8,7-20-2)22(18,19)15-10-5-3-4-9(13)11(10)21(14,16)17/h3-5,8,15H,6-7H2,1-2H3,(H2,14,16,17)/t8-,12+/m0/s1. The summed E-state index contributed by atoms with van der Waals surface area (Å²) in [5.74, 6) is -0.0953. The van der Waals surface area contributed by atoms with Crippen molar-refractivity contribution in [2.45, 2.75) is 23.0 Å². The molecule has 22 heavy (non-hydrogen) atoms. The summed E-state index contributed by atoms with van der Waals surface area (Å²) in [7, 11) is -6.63. The first-order valence-corrected chi connectivity index (χ1v) is 9.78. The average molecular weight is 369 g/mol. The van der Waals surface area contributed by atoms with Gasteiger partial charge in [0, 0.05) is 7.11 Å². The lowest BCUT2D eigenvalue weighted by Crippen LogP contribution is -2.36. The number of benzene rings is 1. The molecule has 0 aromatic heterocycles. The molecule has 0 heterocycles. The minimum absolute atomic E-state index is 0.0226. The topological polar surface area (TPSA) is 116 Å². The fraction of sp³-hybridized carbons (Fsp3) is 0.500. The third kappa shape index (κ3) is 2.95. The highest BCUT2D eigenvalue weighted by molar-refractivity contribution is 7.94. The molecule has 0 amide bonds. The van der Waals surface area contributed by atoms with E-state index in [1.165, 1.54) is 25.3 Å². The van der Waals surface area contributed by atoms with E-state index in [-0.39, 0.29) is 23.2 Å². The number of anilines is 1. The van der Waals surface area contributed by atoms with Gasteiger partial charge in [0.05, 0.1) is 17.3 Å². The quantitative estimate of drug-likeness (QED) is 0.781. The van der Waals surface area contributed by atoms with Crippen molar-refractivity contribution in [2.24, 2.45) is 11.1 Å². The molecule has 1 aliphatic carbocycles. The Bertz CT molecular complexity index is 794. The molecular formula is C12H17ClN2O5S2. The van der Waals surface area contributed by atoms with E-state index in [4.69, 9.17) is 21.5 Å². The van der Waals surface area contributed by atoms with Crippen LogP contribution in [0.25, 0.3) is 0 Å². The van der Waals surface area contributed by atoms with Crippen molar-refractivity contribution >= 4 is 37.3 Å². The van der Waals surface area contributed by atoms with Crippen molar-refractivity contribution in [3.05, 3.63) is 23.2 Å². The van der Waals surface area contributed by atoms with Crippen LogP contribution in [0.5, 0.6) is 0 Å². The van der Waals surface area contributed by atoms with Crippen LogP contribution in [0.1, 0.15) is 13.3 Å². The van der Waals surface area contributed by atoms with E-state index >= 15 is 0 Å². The van der Waals surface area contributed by atoms with E-state index < -0.39 is 29.7 Å². The molecule has 0 spiro atoms. The molecule has 124 valence electrons. The van der Waals surface area contributed by atoms with Gasteiger partial charge in [0.15, 0.2) is 0 Å². The Balaban J connectivity index is 2.46.